The molecule has 1 aromatic carbocycles. The quantitative estimate of drug-likeness (QED) is 0.706. The molecule has 1 fully saturated rings. The Hall–Kier alpha value is -0.100. The third-order valence-corrected chi connectivity index (χ3v) is 3.81. The first-order valence-electron chi connectivity index (χ1n) is 4.59. The molecular formula is C10H8BrIN2. The Labute approximate surface area is 104 Å². The SMILES string of the molecule is Brc1ccc2c(I)nn(C3CC3)c2c1. The number of nitrogens with zero attached hydrogens (tertiary/aromatic N) is 2. The molecule has 0 saturated heterocycles. The van der Waals surface area contributed by atoms with Gasteiger partial charge in [0.05, 0.1) is 11.6 Å². The molecule has 14 heavy (non-hydrogen) atoms. The first-order chi connectivity index (χ1) is 6.75. The van der Waals surface area contributed by atoms with Gasteiger partial charge in [0.1, 0.15) is 3.70 Å². The van der Waals surface area contributed by atoms with Gasteiger partial charge in [-0.15, -0.1) is 0 Å². The molecule has 2 nitrogen and oxygen atoms in total. The summed E-state index contributed by atoms with van der Waals surface area (Å²) >= 11 is 5.81. The van der Waals surface area contributed by atoms with E-state index in [9.17, 15) is 0 Å². The smallest absolute Gasteiger partial charge is 0.131 e. The Morgan fingerprint density at radius 1 is 1.43 bits per heavy atom. The summed E-state index contributed by atoms with van der Waals surface area (Å²) in [5, 5.41) is 5.84. The third kappa shape index (κ3) is 1.39. The average Bonchev–Trinajstić information content (AvgIpc) is 2.93. The van der Waals surface area contributed by atoms with Crippen molar-refractivity contribution in [3.63, 3.8) is 0 Å². The lowest BCUT2D eigenvalue weighted by molar-refractivity contribution is 0.659. The number of fused-ring (bicyclic) bond motifs is 1. The second-order valence-electron chi connectivity index (χ2n) is 3.63. The minimum atomic E-state index is 0.648. The Morgan fingerprint density at radius 3 is 2.93 bits per heavy atom. The van der Waals surface area contributed by atoms with Gasteiger partial charge >= 0.3 is 0 Å². The lowest BCUT2D eigenvalue weighted by Gasteiger charge is -1.99. The van der Waals surface area contributed by atoms with Crippen LogP contribution in [-0.2, 0) is 0 Å². The van der Waals surface area contributed by atoms with Gasteiger partial charge < -0.3 is 0 Å². The molecule has 0 atom stereocenters. The molecule has 72 valence electrons. The monoisotopic (exact) mass is 362 g/mol. The Balaban J connectivity index is 2.33. The van der Waals surface area contributed by atoms with Crippen molar-refractivity contribution in [2.24, 2.45) is 0 Å². The summed E-state index contributed by atoms with van der Waals surface area (Å²) in [4.78, 5) is 0. The third-order valence-electron chi connectivity index (χ3n) is 2.52. The fraction of sp³-hybridized carbons (Fsp3) is 0.300. The van der Waals surface area contributed by atoms with Crippen molar-refractivity contribution in [1.29, 1.82) is 0 Å². The average molecular weight is 363 g/mol. The highest BCUT2D eigenvalue weighted by Gasteiger charge is 2.26. The van der Waals surface area contributed by atoms with Gasteiger partial charge in [-0.25, -0.2) is 0 Å². The van der Waals surface area contributed by atoms with E-state index in [4.69, 9.17) is 0 Å². The minimum Gasteiger partial charge on any atom is -0.261 e. The van der Waals surface area contributed by atoms with E-state index in [1.165, 1.54) is 23.7 Å². The van der Waals surface area contributed by atoms with Gasteiger partial charge in [0.15, 0.2) is 0 Å². The molecule has 1 aliphatic rings. The van der Waals surface area contributed by atoms with Gasteiger partial charge in [-0.1, -0.05) is 15.9 Å². The molecule has 3 rings (SSSR count). The number of benzene rings is 1. The second-order valence-corrected chi connectivity index (χ2v) is 5.57. The predicted molar refractivity (Wildman–Crippen MR) is 68.4 cm³/mol. The zero-order valence-electron chi connectivity index (χ0n) is 7.37. The normalized spacial score (nSPS) is 16.4. The van der Waals surface area contributed by atoms with Gasteiger partial charge in [-0.2, -0.15) is 5.10 Å². The first-order valence-corrected chi connectivity index (χ1v) is 6.46. The van der Waals surface area contributed by atoms with Crippen LogP contribution in [0.4, 0.5) is 0 Å². The molecular weight excluding hydrogens is 355 g/mol. The van der Waals surface area contributed by atoms with Gasteiger partial charge in [0.2, 0.25) is 0 Å². The van der Waals surface area contributed by atoms with Gasteiger partial charge in [-0.05, 0) is 53.6 Å². The summed E-state index contributed by atoms with van der Waals surface area (Å²) in [6, 6.07) is 7.01. The lowest BCUT2D eigenvalue weighted by Crippen LogP contribution is -1.95. The largest absolute Gasteiger partial charge is 0.261 e. The van der Waals surface area contributed by atoms with Crippen molar-refractivity contribution in [2.45, 2.75) is 18.9 Å². The fourth-order valence-corrected chi connectivity index (χ4v) is 2.71. The maximum absolute atomic E-state index is 4.58. The first kappa shape index (κ1) is 9.15. The van der Waals surface area contributed by atoms with E-state index in [1.54, 1.807) is 0 Å². The minimum absolute atomic E-state index is 0.648. The molecule has 0 amide bonds. The molecule has 0 spiro atoms. The molecule has 1 aliphatic carbocycles. The van der Waals surface area contributed by atoms with Gasteiger partial charge in [0, 0.05) is 9.86 Å². The Kier molecular flexibility index (Phi) is 2.09. The van der Waals surface area contributed by atoms with E-state index in [0.29, 0.717) is 6.04 Å². The van der Waals surface area contributed by atoms with Crippen LogP contribution in [0.25, 0.3) is 10.9 Å². The van der Waals surface area contributed by atoms with Crippen LogP contribution in [-0.4, -0.2) is 9.78 Å². The summed E-state index contributed by atoms with van der Waals surface area (Å²) in [5.41, 5.74) is 1.26. The summed E-state index contributed by atoms with van der Waals surface area (Å²) in [6.45, 7) is 0. The highest BCUT2D eigenvalue weighted by atomic mass is 127. The van der Waals surface area contributed by atoms with Crippen molar-refractivity contribution in [2.75, 3.05) is 0 Å². The number of aromatic nitrogens is 2. The van der Waals surface area contributed by atoms with Crippen LogP contribution in [0.3, 0.4) is 0 Å². The van der Waals surface area contributed by atoms with Crippen molar-refractivity contribution in [3.05, 3.63) is 26.4 Å². The van der Waals surface area contributed by atoms with Crippen molar-refractivity contribution >= 4 is 49.4 Å². The van der Waals surface area contributed by atoms with E-state index in [0.717, 1.165) is 8.17 Å². The lowest BCUT2D eigenvalue weighted by atomic mass is 10.2. The number of rotatable bonds is 1. The molecule has 0 N–H and O–H groups in total. The van der Waals surface area contributed by atoms with Crippen LogP contribution in [0.15, 0.2) is 22.7 Å². The number of hydrogen-bond acceptors (Lipinski definition) is 1. The van der Waals surface area contributed by atoms with Gasteiger partial charge in [-0.3, -0.25) is 4.68 Å². The summed E-state index contributed by atoms with van der Waals surface area (Å²) in [6.07, 6.45) is 2.55. The van der Waals surface area contributed by atoms with Crippen LogP contribution >= 0.6 is 38.5 Å². The van der Waals surface area contributed by atoms with Gasteiger partial charge in [0.25, 0.3) is 0 Å². The highest BCUT2D eigenvalue weighted by molar-refractivity contribution is 14.1. The zero-order valence-corrected chi connectivity index (χ0v) is 11.1. The Morgan fingerprint density at radius 2 is 2.21 bits per heavy atom. The van der Waals surface area contributed by atoms with E-state index in [2.05, 4.69) is 66.5 Å². The summed E-state index contributed by atoms with van der Waals surface area (Å²) in [7, 11) is 0. The highest BCUT2D eigenvalue weighted by Crippen LogP contribution is 2.38. The molecule has 4 heteroatoms. The van der Waals surface area contributed by atoms with Crippen molar-refractivity contribution < 1.29 is 0 Å². The van der Waals surface area contributed by atoms with Crippen molar-refractivity contribution in [3.8, 4) is 0 Å². The Bertz CT molecular complexity index is 502. The molecule has 0 unspecified atom stereocenters. The second kappa shape index (κ2) is 3.20. The van der Waals surface area contributed by atoms with Crippen LogP contribution in [0.5, 0.6) is 0 Å². The van der Waals surface area contributed by atoms with E-state index in [-0.39, 0.29) is 0 Å². The number of hydrogen-bond donors (Lipinski definition) is 0. The predicted octanol–water partition coefficient (Wildman–Crippen LogP) is 3.74. The number of halogens is 2. The van der Waals surface area contributed by atoms with E-state index < -0.39 is 0 Å². The molecule has 0 bridgehead atoms. The summed E-state index contributed by atoms with van der Waals surface area (Å²) < 4.78 is 4.40. The summed E-state index contributed by atoms with van der Waals surface area (Å²) in [5.74, 6) is 0. The van der Waals surface area contributed by atoms with E-state index >= 15 is 0 Å². The van der Waals surface area contributed by atoms with E-state index in [1.807, 2.05) is 0 Å². The molecule has 2 aromatic rings. The fourth-order valence-electron chi connectivity index (χ4n) is 1.67. The maximum atomic E-state index is 4.58. The topological polar surface area (TPSA) is 17.8 Å². The zero-order chi connectivity index (χ0) is 9.71. The van der Waals surface area contributed by atoms with Crippen LogP contribution in [0.1, 0.15) is 18.9 Å². The molecule has 1 saturated carbocycles. The molecule has 0 aliphatic heterocycles. The molecule has 0 radical (unpaired) electrons. The van der Waals surface area contributed by atoms with Crippen molar-refractivity contribution in [1.82, 2.24) is 9.78 Å². The maximum Gasteiger partial charge on any atom is 0.131 e. The van der Waals surface area contributed by atoms with Crippen LogP contribution < -0.4 is 0 Å². The molecule has 1 aromatic heterocycles. The van der Waals surface area contributed by atoms with Crippen LogP contribution in [0.2, 0.25) is 0 Å². The standard InChI is InChI=1S/C10H8BrIN2/c11-6-1-4-8-9(5-6)14(7-2-3-7)13-10(8)12/h1,4-5,7H,2-3H2. The molecule has 1 heterocycles. The van der Waals surface area contributed by atoms with Crippen LogP contribution in [0, 0.1) is 3.70 Å².